The van der Waals surface area contributed by atoms with Crippen molar-refractivity contribution in [2.75, 3.05) is 80.7 Å². The van der Waals surface area contributed by atoms with Gasteiger partial charge in [-0.05, 0) is 79.9 Å². The highest BCUT2D eigenvalue weighted by molar-refractivity contribution is 9.10. The number of halogens is 2. The van der Waals surface area contributed by atoms with Crippen LogP contribution in [0.1, 0.15) is 43.7 Å². The summed E-state index contributed by atoms with van der Waals surface area (Å²) < 4.78 is 4.33. The van der Waals surface area contributed by atoms with E-state index < -0.39 is 6.10 Å². The molecule has 5 aromatic rings. The second kappa shape index (κ2) is 22.1. The molecule has 3 heterocycles. The molecular weight excluding hydrogens is 894 g/mol. The van der Waals surface area contributed by atoms with Gasteiger partial charge in [0.05, 0.1) is 19.2 Å². The highest BCUT2D eigenvalue weighted by atomic mass is 79.9. The van der Waals surface area contributed by atoms with Gasteiger partial charge >= 0.3 is 0 Å². The molecule has 1 atom stereocenters. The third-order valence-electron chi connectivity index (χ3n) is 10.2. The van der Waals surface area contributed by atoms with Crippen LogP contribution in [0, 0.1) is 11.8 Å². The number of fused-ring (bicyclic) bond motifs is 3. The first-order valence-electron chi connectivity index (χ1n) is 20.3. The van der Waals surface area contributed by atoms with Gasteiger partial charge in [0.1, 0.15) is 5.69 Å². The number of aliphatic hydroxyl groups is 1. The van der Waals surface area contributed by atoms with E-state index in [0.29, 0.717) is 61.7 Å². The lowest BCUT2D eigenvalue weighted by molar-refractivity contribution is -0.115. The minimum absolute atomic E-state index is 0.283. The maximum Gasteiger partial charge on any atom is 0.296 e. The first-order chi connectivity index (χ1) is 28.6. The van der Waals surface area contributed by atoms with Crippen molar-refractivity contribution in [2.24, 2.45) is 11.6 Å². The van der Waals surface area contributed by atoms with Gasteiger partial charge in [0.15, 0.2) is 16.8 Å². The first-order valence-corrected chi connectivity index (χ1v) is 22.8. The standard InChI is InChI=1S/C43H55Br2N11O2S/c1-2-24-59-43-51-41(50-18-16-46)40(47)42(52-43)56(48)27-31-8-6-30(7-9-31)10-15-39(58)49-17-4-3-5-19-53-20-22-54(23-21-53)28-34(57)29-55-37-13-11-32(44)25-35(37)36-26-33(45)12-14-38(36)55/h6-9,11-14,25-26,34,57H,2-5,16-24,27-29,46-48H2,1H3,(H,49,58)(H,50,51,52). The van der Waals surface area contributed by atoms with E-state index in [-0.39, 0.29) is 5.91 Å². The van der Waals surface area contributed by atoms with Crippen LogP contribution in [0.3, 0.4) is 0 Å². The summed E-state index contributed by atoms with van der Waals surface area (Å²) in [4.78, 5) is 26.5. The number of unbranched alkanes of at least 4 members (excludes halogenated alkanes) is 2. The molecule has 0 aliphatic carbocycles. The number of amides is 1. The smallest absolute Gasteiger partial charge is 0.296 e. The lowest BCUT2D eigenvalue weighted by Crippen LogP contribution is -2.49. The van der Waals surface area contributed by atoms with E-state index in [1.165, 1.54) is 15.8 Å². The second-order valence-electron chi connectivity index (χ2n) is 14.8. The van der Waals surface area contributed by atoms with Crippen LogP contribution in [-0.2, 0) is 17.9 Å². The average molecular weight is 950 g/mol. The fourth-order valence-corrected chi connectivity index (χ4v) is 8.64. The van der Waals surface area contributed by atoms with Crippen LogP contribution in [0.25, 0.3) is 21.8 Å². The number of nitrogens with two attached hydrogens (primary N) is 3. The van der Waals surface area contributed by atoms with Gasteiger partial charge in [-0.1, -0.05) is 75.0 Å². The molecule has 1 saturated heterocycles. The van der Waals surface area contributed by atoms with E-state index in [1.54, 1.807) is 11.8 Å². The molecule has 1 aliphatic heterocycles. The molecule has 1 unspecified atom stereocenters. The summed E-state index contributed by atoms with van der Waals surface area (Å²) in [6.07, 6.45) is 3.53. The zero-order valence-electron chi connectivity index (χ0n) is 33.6. The Balaban J connectivity index is 0.866. The van der Waals surface area contributed by atoms with Gasteiger partial charge in [0.2, 0.25) is 0 Å². The SMILES string of the molecule is CCCSc1nc(NCCN)c(N)c(N(N)Cc2ccc(C#CC(=O)NCCCCCN3CCN(CC(O)Cn4c5ccc(Br)cc5c5cc(Br)ccc54)CC3)cc2)n1. The van der Waals surface area contributed by atoms with Crippen LogP contribution in [-0.4, -0.2) is 106 Å². The summed E-state index contributed by atoms with van der Waals surface area (Å²) in [5.74, 6) is 13.7. The largest absolute Gasteiger partial charge is 0.393 e. The molecule has 6 rings (SSSR count). The molecule has 0 spiro atoms. The van der Waals surface area contributed by atoms with Crippen molar-refractivity contribution >= 4 is 88.7 Å². The number of hydrogen-bond acceptors (Lipinski definition) is 12. The van der Waals surface area contributed by atoms with Crippen LogP contribution in [0.4, 0.5) is 17.3 Å². The Morgan fingerprint density at radius 1 is 0.932 bits per heavy atom. The number of benzene rings is 3. The van der Waals surface area contributed by atoms with Gasteiger partial charge in [-0.15, -0.1) is 0 Å². The minimum Gasteiger partial charge on any atom is -0.393 e. The van der Waals surface area contributed by atoms with Crippen LogP contribution in [0.5, 0.6) is 0 Å². The van der Waals surface area contributed by atoms with Crippen molar-refractivity contribution in [2.45, 2.75) is 57.0 Å². The average Bonchev–Trinajstić information content (AvgIpc) is 3.52. The van der Waals surface area contributed by atoms with Crippen LogP contribution < -0.4 is 33.0 Å². The molecule has 2 aromatic heterocycles. The number of rotatable bonds is 19. The zero-order chi connectivity index (χ0) is 41.7. The van der Waals surface area contributed by atoms with Gasteiger partial charge < -0.3 is 36.7 Å². The predicted octanol–water partition coefficient (Wildman–Crippen LogP) is 5.76. The highest BCUT2D eigenvalue weighted by Crippen LogP contribution is 2.34. The number of hydrogen-bond donors (Lipinski definition) is 6. The normalized spacial score (nSPS) is 14.0. The van der Waals surface area contributed by atoms with Gasteiger partial charge in [-0.25, -0.2) is 15.8 Å². The number of aliphatic hydroxyl groups excluding tert-OH is 1. The van der Waals surface area contributed by atoms with Crippen molar-refractivity contribution in [3.8, 4) is 11.8 Å². The lowest BCUT2D eigenvalue weighted by Gasteiger charge is -2.35. The summed E-state index contributed by atoms with van der Waals surface area (Å²) in [5.41, 5.74) is 16.4. The van der Waals surface area contributed by atoms with E-state index in [4.69, 9.17) is 17.3 Å². The van der Waals surface area contributed by atoms with Crippen LogP contribution in [0.2, 0.25) is 0 Å². The van der Waals surface area contributed by atoms with Gasteiger partial charge in [-0.2, -0.15) is 0 Å². The Hall–Kier alpha value is -3.92. The molecule has 1 amide bonds. The first kappa shape index (κ1) is 44.6. The molecular formula is C43H55Br2N11O2S. The van der Waals surface area contributed by atoms with Crippen molar-refractivity contribution < 1.29 is 9.90 Å². The lowest BCUT2D eigenvalue weighted by atomic mass is 10.1. The molecule has 0 saturated carbocycles. The molecule has 3 aromatic carbocycles. The minimum atomic E-state index is -0.472. The van der Waals surface area contributed by atoms with Crippen molar-refractivity contribution in [3.63, 3.8) is 0 Å². The van der Waals surface area contributed by atoms with Crippen LogP contribution in [0.15, 0.2) is 74.8 Å². The molecule has 314 valence electrons. The highest BCUT2D eigenvalue weighted by Gasteiger charge is 2.21. The van der Waals surface area contributed by atoms with Crippen molar-refractivity contribution in [3.05, 3.63) is 80.7 Å². The summed E-state index contributed by atoms with van der Waals surface area (Å²) >= 11 is 8.79. The topological polar surface area (TPSA) is 180 Å². The van der Waals surface area contributed by atoms with Gasteiger partial charge in [-0.3, -0.25) is 14.7 Å². The van der Waals surface area contributed by atoms with Gasteiger partial charge in [0, 0.05) is 100 Å². The fraction of sp³-hybridized carbons (Fsp3) is 0.419. The predicted molar refractivity (Wildman–Crippen MR) is 249 cm³/mol. The third-order valence-corrected chi connectivity index (χ3v) is 12.3. The van der Waals surface area contributed by atoms with Crippen molar-refractivity contribution in [1.29, 1.82) is 0 Å². The van der Waals surface area contributed by atoms with Crippen LogP contribution >= 0.6 is 43.6 Å². The van der Waals surface area contributed by atoms with E-state index >= 15 is 0 Å². The monoisotopic (exact) mass is 947 g/mol. The number of aromatic nitrogens is 3. The Kier molecular flexibility index (Phi) is 16.7. The Bertz CT molecular complexity index is 2180. The number of carbonyl (C=O) groups excluding carboxylic acids is 1. The number of hydrazine groups is 1. The quantitative estimate of drug-likeness (QED) is 0.0148. The number of nitrogens with zero attached hydrogens (tertiary/aromatic N) is 6. The number of nitrogens with one attached hydrogen (secondary N) is 2. The molecule has 1 fully saturated rings. The zero-order valence-corrected chi connectivity index (χ0v) is 37.6. The molecule has 9 N–H and O–H groups in total. The number of carbonyl (C=O) groups is 1. The van der Waals surface area contributed by atoms with E-state index in [2.05, 4.69) is 122 Å². The summed E-state index contributed by atoms with van der Waals surface area (Å²) in [7, 11) is 0. The Labute approximate surface area is 368 Å². The number of anilines is 3. The van der Waals surface area contributed by atoms with E-state index in [9.17, 15) is 9.90 Å². The van der Waals surface area contributed by atoms with E-state index in [0.717, 1.165) is 95.3 Å². The van der Waals surface area contributed by atoms with Crippen molar-refractivity contribution in [1.82, 2.24) is 29.7 Å². The molecule has 59 heavy (non-hydrogen) atoms. The number of piperazine rings is 1. The third kappa shape index (κ3) is 12.6. The number of thioether (sulfide) groups is 1. The molecule has 0 bridgehead atoms. The molecule has 1 aliphatic rings. The maximum atomic E-state index is 12.4. The summed E-state index contributed by atoms with van der Waals surface area (Å²) in [6.45, 7) is 10.1. The number of nitrogen functional groups attached to an aromatic ring is 1. The molecule has 0 radical (unpaired) electrons. The van der Waals surface area contributed by atoms with E-state index in [1.807, 2.05) is 24.3 Å². The molecule has 13 nitrogen and oxygen atoms in total. The molecule has 16 heteroatoms. The second-order valence-corrected chi connectivity index (χ2v) is 17.7. The fourth-order valence-electron chi connectivity index (χ4n) is 7.22. The summed E-state index contributed by atoms with van der Waals surface area (Å²) in [5, 5.41) is 21.8. The number of β-amino-alcohol motifs (C(OH)–C–C–N with tert-alkyl or cyclic N) is 1. The maximum absolute atomic E-state index is 12.4. The Morgan fingerprint density at radius 3 is 2.27 bits per heavy atom. The van der Waals surface area contributed by atoms with Gasteiger partial charge in [0.25, 0.3) is 5.91 Å². The Morgan fingerprint density at radius 2 is 1.61 bits per heavy atom. The summed E-state index contributed by atoms with van der Waals surface area (Å²) in [6, 6.07) is 20.3.